The molecule has 194 valence electrons. The number of nitrogens with zero attached hydrogens (tertiary/aromatic N) is 2. The Labute approximate surface area is 206 Å². The number of hydrogen-bond acceptors (Lipinski definition) is 5. The monoisotopic (exact) mass is 491 g/mol. The Morgan fingerprint density at radius 1 is 1.14 bits per heavy atom. The Hall–Kier alpha value is -2.88. The zero-order chi connectivity index (χ0) is 25.4. The van der Waals surface area contributed by atoms with E-state index < -0.39 is 23.2 Å². The lowest BCUT2D eigenvalue weighted by Gasteiger charge is -2.30. The largest absolute Gasteiger partial charge is 0.370 e. The van der Waals surface area contributed by atoms with Crippen LogP contribution < -0.4 is 21.0 Å². The van der Waals surface area contributed by atoms with Gasteiger partial charge in [-0.1, -0.05) is 26.7 Å². The molecule has 0 aromatic heterocycles. The summed E-state index contributed by atoms with van der Waals surface area (Å²) < 4.78 is 13.9. The number of carbonyl (C=O) groups is 3. The molecule has 0 atom stereocenters. The van der Waals surface area contributed by atoms with Gasteiger partial charge < -0.3 is 20.4 Å². The van der Waals surface area contributed by atoms with Crippen LogP contribution in [0.4, 0.5) is 20.6 Å². The fourth-order valence-corrected chi connectivity index (χ4v) is 4.88. The fraction of sp³-hybridized carbons (Fsp3) is 0.640. The van der Waals surface area contributed by atoms with E-state index in [-0.39, 0.29) is 25.4 Å². The molecule has 1 aromatic rings. The molecule has 4 N–H and O–H groups in total. The minimum absolute atomic E-state index is 0.123. The molecule has 1 aromatic carbocycles. The molecule has 2 fully saturated rings. The fourth-order valence-electron chi connectivity index (χ4n) is 4.88. The van der Waals surface area contributed by atoms with Crippen molar-refractivity contribution in [2.75, 3.05) is 42.9 Å². The van der Waals surface area contributed by atoms with Gasteiger partial charge >= 0.3 is 6.03 Å². The molecule has 1 saturated heterocycles. The Balaban J connectivity index is 1.56. The van der Waals surface area contributed by atoms with E-state index in [4.69, 9.17) is 5.21 Å². The maximum atomic E-state index is 13.9. The van der Waals surface area contributed by atoms with Gasteiger partial charge in [0, 0.05) is 32.6 Å². The van der Waals surface area contributed by atoms with E-state index in [0.717, 1.165) is 57.3 Å². The van der Waals surface area contributed by atoms with Crippen LogP contribution in [-0.4, -0.2) is 60.7 Å². The summed E-state index contributed by atoms with van der Waals surface area (Å²) in [6, 6.07) is 3.91. The molecule has 1 aliphatic heterocycles. The Morgan fingerprint density at radius 3 is 2.49 bits per heavy atom. The second kappa shape index (κ2) is 12.2. The predicted octanol–water partition coefficient (Wildman–Crippen LogP) is 3.49. The Bertz CT molecular complexity index is 898. The molecule has 10 heteroatoms. The number of benzene rings is 1. The van der Waals surface area contributed by atoms with E-state index in [1.54, 1.807) is 11.5 Å². The number of nitrogens with one attached hydrogen (secondary N) is 3. The van der Waals surface area contributed by atoms with E-state index in [0.29, 0.717) is 18.2 Å². The van der Waals surface area contributed by atoms with Crippen LogP contribution in [0.15, 0.2) is 18.2 Å². The van der Waals surface area contributed by atoms with Gasteiger partial charge in [0.1, 0.15) is 12.4 Å². The minimum Gasteiger partial charge on any atom is -0.370 e. The summed E-state index contributed by atoms with van der Waals surface area (Å²) in [5.74, 6) is -0.901. The number of rotatable bonds is 10. The summed E-state index contributed by atoms with van der Waals surface area (Å²) >= 11 is 0. The van der Waals surface area contributed by atoms with Gasteiger partial charge in [0.15, 0.2) is 0 Å². The molecule has 9 nitrogen and oxygen atoms in total. The van der Waals surface area contributed by atoms with Crippen molar-refractivity contribution in [2.24, 2.45) is 11.3 Å². The van der Waals surface area contributed by atoms with Crippen LogP contribution >= 0.6 is 0 Å². The molecule has 0 spiro atoms. The zero-order valence-electron chi connectivity index (χ0n) is 20.7. The van der Waals surface area contributed by atoms with Gasteiger partial charge in [0.05, 0.1) is 11.4 Å². The molecule has 1 aliphatic carbocycles. The number of halogens is 1. The first-order chi connectivity index (χ1) is 16.7. The number of urea groups is 1. The second-order valence-corrected chi connectivity index (χ2v) is 10.5. The lowest BCUT2D eigenvalue weighted by atomic mass is 9.88. The average molecular weight is 492 g/mol. The normalized spacial score (nSPS) is 16.3. The summed E-state index contributed by atoms with van der Waals surface area (Å²) in [7, 11) is 0. The highest BCUT2D eigenvalue weighted by atomic mass is 19.1. The van der Waals surface area contributed by atoms with Crippen LogP contribution in [0.3, 0.4) is 0 Å². The highest BCUT2D eigenvalue weighted by Gasteiger charge is 2.29. The van der Waals surface area contributed by atoms with Crippen molar-refractivity contribution < 1.29 is 24.0 Å². The average Bonchev–Trinajstić information content (AvgIpc) is 3.51. The first kappa shape index (κ1) is 26.7. The molecular weight excluding hydrogens is 453 g/mol. The number of hydrogen-bond donors (Lipinski definition) is 4. The quantitative estimate of drug-likeness (QED) is 0.296. The maximum absolute atomic E-state index is 13.9. The second-order valence-electron chi connectivity index (χ2n) is 10.5. The van der Waals surface area contributed by atoms with Crippen molar-refractivity contribution in [1.29, 1.82) is 0 Å². The number of hydroxylamine groups is 1. The van der Waals surface area contributed by atoms with Crippen LogP contribution in [0.25, 0.3) is 0 Å². The maximum Gasteiger partial charge on any atom is 0.319 e. The van der Waals surface area contributed by atoms with E-state index in [1.807, 2.05) is 13.8 Å². The van der Waals surface area contributed by atoms with Crippen LogP contribution in [0.1, 0.15) is 58.8 Å². The zero-order valence-corrected chi connectivity index (χ0v) is 20.7. The van der Waals surface area contributed by atoms with Gasteiger partial charge in [0.2, 0.25) is 5.91 Å². The first-order valence-corrected chi connectivity index (χ1v) is 12.5. The smallest absolute Gasteiger partial charge is 0.319 e. The molecule has 2 aliphatic rings. The molecule has 0 unspecified atom stereocenters. The van der Waals surface area contributed by atoms with E-state index in [2.05, 4.69) is 15.5 Å². The third kappa shape index (κ3) is 8.09. The van der Waals surface area contributed by atoms with Crippen molar-refractivity contribution in [3.05, 3.63) is 24.0 Å². The number of anilines is 2. The van der Waals surface area contributed by atoms with E-state index >= 15 is 0 Å². The SMILES string of the molecule is CC(C)(CNC(=O)Nc1cc(F)ccc1N1CCCC1)CC(=O)N(CC(=O)NO)CC1CCCC1. The molecule has 35 heavy (non-hydrogen) atoms. The Morgan fingerprint density at radius 2 is 1.83 bits per heavy atom. The molecule has 1 saturated carbocycles. The molecule has 4 amide bonds. The highest BCUT2D eigenvalue weighted by Crippen LogP contribution is 2.30. The van der Waals surface area contributed by atoms with Crippen molar-refractivity contribution in [3.8, 4) is 0 Å². The standard InChI is InChI=1S/C25H38FN5O4/c1-25(2,14-23(33)31(16-22(32)29-35)15-18-7-3-4-8-18)17-27-24(34)28-20-13-19(26)9-10-21(20)30-11-5-6-12-30/h9-10,13,18,35H,3-8,11-12,14-17H2,1-2H3,(H,29,32)(H2,27,28,34). The third-order valence-electron chi connectivity index (χ3n) is 6.78. The van der Waals surface area contributed by atoms with Crippen LogP contribution in [0.5, 0.6) is 0 Å². The van der Waals surface area contributed by atoms with Gasteiger partial charge in [-0.05, 0) is 55.2 Å². The van der Waals surface area contributed by atoms with Crippen molar-refractivity contribution in [3.63, 3.8) is 0 Å². The third-order valence-corrected chi connectivity index (χ3v) is 6.78. The molecule has 0 bridgehead atoms. The van der Waals surface area contributed by atoms with E-state index in [1.165, 1.54) is 17.0 Å². The number of amides is 4. The van der Waals surface area contributed by atoms with Gasteiger partial charge in [-0.2, -0.15) is 0 Å². The first-order valence-electron chi connectivity index (χ1n) is 12.5. The molecule has 0 radical (unpaired) electrons. The summed E-state index contributed by atoms with van der Waals surface area (Å²) in [5, 5.41) is 14.5. The van der Waals surface area contributed by atoms with Gasteiger partial charge in [-0.25, -0.2) is 14.7 Å². The van der Waals surface area contributed by atoms with Crippen LogP contribution in [-0.2, 0) is 9.59 Å². The predicted molar refractivity (Wildman–Crippen MR) is 132 cm³/mol. The van der Waals surface area contributed by atoms with Crippen LogP contribution in [0, 0.1) is 17.2 Å². The summed E-state index contributed by atoms with van der Waals surface area (Å²) in [6.45, 7) is 5.95. The molecule has 1 heterocycles. The van der Waals surface area contributed by atoms with Gasteiger partial charge in [-0.3, -0.25) is 14.8 Å². The van der Waals surface area contributed by atoms with Crippen LogP contribution in [0.2, 0.25) is 0 Å². The van der Waals surface area contributed by atoms with Gasteiger partial charge in [0.25, 0.3) is 5.91 Å². The Kier molecular flexibility index (Phi) is 9.31. The number of carbonyl (C=O) groups excluding carboxylic acids is 3. The molecular formula is C25H38FN5O4. The summed E-state index contributed by atoms with van der Waals surface area (Å²) in [5.41, 5.74) is 2.22. The summed E-state index contributed by atoms with van der Waals surface area (Å²) in [4.78, 5) is 41.1. The van der Waals surface area contributed by atoms with Gasteiger partial charge in [-0.15, -0.1) is 0 Å². The van der Waals surface area contributed by atoms with E-state index in [9.17, 15) is 18.8 Å². The van der Waals surface area contributed by atoms with Crippen molar-refractivity contribution in [2.45, 2.75) is 58.8 Å². The lowest BCUT2D eigenvalue weighted by Crippen LogP contribution is -2.45. The van der Waals surface area contributed by atoms with Crippen molar-refractivity contribution in [1.82, 2.24) is 15.7 Å². The van der Waals surface area contributed by atoms with Crippen molar-refractivity contribution >= 4 is 29.2 Å². The topological polar surface area (TPSA) is 114 Å². The molecule has 3 rings (SSSR count). The summed E-state index contributed by atoms with van der Waals surface area (Å²) in [6.07, 6.45) is 6.52. The lowest BCUT2D eigenvalue weighted by molar-refractivity contribution is -0.141. The minimum atomic E-state index is -0.629. The highest BCUT2D eigenvalue weighted by molar-refractivity contribution is 5.93.